The van der Waals surface area contributed by atoms with E-state index in [0.29, 0.717) is 0 Å². The van der Waals surface area contributed by atoms with E-state index in [1.807, 2.05) is 0 Å². The second-order valence-electron chi connectivity index (χ2n) is 5.61. The zero-order chi connectivity index (χ0) is 15.1. The molecular formula is C18H30O2. The standard InChI is InChI=1S/C18H30O2/c1-5-9-13-14(10-6-2)16(12-8-4)18(20)17(19)15(13)11-7-3/h19-20H,5-12H2,1-4H3. The maximum atomic E-state index is 10.4. The zero-order valence-electron chi connectivity index (χ0n) is 13.6. The normalized spacial score (nSPS) is 11.0. The number of benzene rings is 1. The molecule has 2 heteroatoms. The molecule has 0 atom stereocenters. The lowest BCUT2D eigenvalue weighted by molar-refractivity contribution is 0.392. The lowest BCUT2D eigenvalue weighted by Crippen LogP contribution is -2.06. The summed E-state index contributed by atoms with van der Waals surface area (Å²) in [5.74, 6) is 0.275. The SMILES string of the molecule is CCCc1c(O)c(O)c(CCC)c(CCC)c1CCC. The van der Waals surface area contributed by atoms with Crippen LogP contribution in [0.2, 0.25) is 0 Å². The molecule has 0 aromatic heterocycles. The van der Waals surface area contributed by atoms with E-state index in [1.165, 1.54) is 11.1 Å². The molecule has 114 valence electrons. The molecule has 0 aliphatic rings. The van der Waals surface area contributed by atoms with Gasteiger partial charge in [0.05, 0.1) is 0 Å². The molecule has 0 heterocycles. The summed E-state index contributed by atoms with van der Waals surface area (Å²) >= 11 is 0. The van der Waals surface area contributed by atoms with Crippen LogP contribution in [0.25, 0.3) is 0 Å². The molecule has 0 radical (unpaired) electrons. The third kappa shape index (κ3) is 3.47. The van der Waals surface area contributed by atoms with E-state index in [2.05, 4.69) is 27.7 Å². The van der Waals surface area contributed by atoms with E-state index in [4.69, 9.17) is 0 Å². The molecule has 0 saturated carbocycles. The van der Waals surface area contributed by atoms with Gasteiger partial charge in [-0.05, 0) is 36.8 Å². The number of rotatable bonds is 8. The molecule has 2 N–H and O–H groups in total. The first-order valence-corrected chi connectivity index (χ1v) is 8.19. The fraction of sp³-hybridized carbons (Fsp3) is 0.667. The molecule has 0 aliphatic heterocycles. The summed E-state index contributed by atoms with van der Waals surface area (Å²) in [7, 11) is 0. The van der Waals surface area contributed by atoms with Gasteiger partial charge in [-0.2, -0.15) is 0 Å². The van der Waals surface area contributed by atoms with E-state index in [1.54, 1.807) is 0 Å². The minimum absolute atomic E-state index is 0.138. The third-order valence-electron chi connectivity index (χ3n) is 3.89. The van der Waals surface area contributed by atoms with Crippen molar-refractivity contribution < 1.29 is 10.2 Å². The minimum Gasteiger partial charge on any atom is -0.504 e. The number of phenolic OH excluding ortho intramolecular Hbond substituents is 2. The first-order valence-electron chi connectivity index (χ1n) is 8.19. The quantitative estimate of drug-likeness (QED) is 0.663. The second-order valence-corrected chi connectivity index (χ2v) is 5.61. The summed E-state index contributed by atoms with van der Waals surface area (Å²) in [6.07, 6.45) is 7.80. The van der Waals surface area contributed by atoms with Crippen molar-refractivity contribution >= 4 is 0 Å². The molecule has 0 amide bonds. The Morgan fingerprint density at radius 1 is 0.500 bits per heavy atom. The lowest BCUT2D eigenvalue weighted by Gasteiger charge is -2.21. The van der Waals surface area contributed by atoms with Gasteiger partial charge in [-0.1, -0.05) is 53.4 Å². The van der Waals surface area contributed by atoms with Gasteiger partial charge in [0.2, 0.25) is 0 Å². The highest BCUT2D eigenvalue weighted by Gasteiger charge is 2.21. The average Bonchev–Trinajstić information content (AvgIpc) is 2.44. The lowest BCUT2D eigenvalue weighted by atomic mass is 9.86. The molecule has 0 saturated heterocycles. The third-order valence-corrected chi connectivity index (χ3v) is 3.89. The van der Waals surface area contributed by atoms with Gasteiger partial charge in [-0.25, -0.2) is 0 Å². The van der Waals surface area contributed by atoms with Crippen LogP contribution in [0, 0.1) is 0 Å². The van der Waals surface area contributed by atoms with Crippen LogP contribution in [-0.4, -0.2) is 10.2 Å². The Bertz CT molecular complexity index is 395. The Hall–Kier alpha value is -1.18. The van der Waals surface area contributed by atoms with Gasteiger partial charge >= 0.3 is 0 Å². The van der Waals surface area contributed by atoms with Gasteiger partial charge in [0.25, 0.3) is 0 Å². The van der Waals surface area contributed by atoms with Gasteiger partial charge in [-0.3, -0.25) is 0 Å². The molecule has 2 nitrogen and oxygen atoms in total. The molecule has 0 aliphatic carbocycles. The van der Waals surface area contributed by atoms with Gasteiger partial charge in [-0.15, -0.1) is 0 Å². The maximum Gasteiger partial charge on any atom is 0.161 e. The zero-order valence-corrected chi connectivity index (χ0v) is 13.6. The predicted octanol–water partition coefficient (Wildman–Crippen LogP) is 4.91. The fourth-order valence-corrected chi connectivity index (χ4v) is 3.08. The summed E-state index contributed by atoms with van der Waals surface area (Å²) in [4.78, 5) is 0. The summed E-state index contributed by atoms with van der Waals surface area (Å²) in [6, 6.07) is 0. The van der Waals surface area contributed by atoms with Crippen molar-refractivity contribution in [3.63, 3.8) is 0 Å². The molecule has 0 fully saturated rings. The number of phenols is 2. The van der Waals surface area contributed by atoms with E-state index >= 15 is 0 Å². The molecular weight excluding hydrogens is 248 g/mol. The van der Waals surface area contributed by atoms with Crippen LogP contribution in [0.3, 0.4) is 0 Å². The number of hydrogen-bond donors (Lipinski definition) is 2. The molecule has 0 unspecified atom stereocenters. The highest BCUT2D eigenvalue weighted by Crippen LogP contribution is 2.41. The van der Waals surface area contributed by atoms with Crippen LogP contribution in [0.1, 0.15) is 75.6 Å². The highest BCUT2D eigenvalue weighted by atomic mass is 16.3. The maximum absolute atomic E-state index is 10.4. The van der Waals surface area contributed by atoms with Crippen LogP contribution in [0.5, 0.6) is 11.5 Å². The highest BCUT2D eigenvalue weighted by molar-refractivity contribution is 5.59. The Labute approximate surface area is 123 Å². The average molecular weight is 278 g/mol. The van der Waals surface area contributed by atoms with Crippen molar-refractivity contribution in [1.29, 1.82) is 0 Å². The van der Waals surface area contributed by atoms with E-state index in [9.17, 15) is 10.2 Å². The Morgan fingerprint density at radius 3 is 1.00 bits per heavy atom. The van der Waals surface area contributed by atoms with E-state index in [0.717, 1.165) is 62.5 Å². The summed E-state index contributed by atoms with van der Waals surface area (Å²) in [5.41, 5.74) is 4.57. The van der Waals surface area contributed by atoms with Crippen molar-refractivity contribution in [2.75, 3.05) is 0 Å². The van der Waals surface area contributed by atoms with Crippen LogP contribution in [0.4, 0.5) is 0 Å². The topological polar surface area (TPSA) is 40.5 Å². The monoisotopic (exact) mass is 278 g/mol. The van der Waals surface area contributed by atoms with E-state index < -0.39 is 0 Å². The predicted molar refractivity (Wildman–Crippen MR) is 85.8 cm³/mol. The fourth-order valence-electron chi connectivity index (χ4n) is 3.08. The van der Waals surface area contributed by atoms with Crippen molar-refractivity contribution in [1.82, 2.24) is 0 Å². The molecule has 1 aromatic rings. The second kappa shape index (κ2) is 8.18. The minimum atomic E-state index is 0.138. The Balaban J connectivity index is 3.53. The molecule has 1 aromatic carbocycles. The van der Waals surface area contributed by atoms with Crippen LogP contribution >= 0.6 is 0 Å². The summed E-state index contributed by atoms with van der Waals surface area (Å²) in [6.45, 7) is 8.58. The van der Waals surface area contributed by atoms with Crippen LogP contribution in [-0.2, 0) is 25.7 Å². The molecule has 1 rings (SSSR count). The van der Waals surface area contributed by atoms with Gasteiger partial charge in [0, 0.05) is 11.1 Å². The largest absolute Gasteiger partial charge is 0.504 e. The van der Waals surface area contributed by atoms with Crippen molar-refractivity contribution in [3.8, 4) is 11.5 Å². The summed E-state index contributed by atoms with van der Waals surface area (Å²) < 4.78 is 0. The first kappa shape index (κ1) is 16.9. The van der Waals surface area contributed by atoms with Crippen molar-refractivity contribution in [3.05, 3.63) is 22.3 Å². The van der Waals surface area contributed by atoms with E-state index in [-0.39, 0.29) is 11.5 Å². The molecule has 20 heavy (non-hydrogen) atoms. The Morgan fingerprint density at radius 2 is 0.750 bits per heavy atom. The molecule has 0 bridgehead atoms. The van der Waals surface area contributed by atoms with Crippen LogP contribution in [0.15, 0.2) is 0 Å². The number of hydrogen-bond acceptors (Lipinski definition) is 2. The number of aromatic hydroxyl groups is 2. The van der Waals surface area contributed by atoms with Gasteiger partial charge in [0.15, 0.2) is 11.5 Å². The molecule has 0 spiro atoms. The first-order chi connectivity index (χ1) is 9.62. The van der Waals surface area contributed by atoms with Crippen molar-refractivity contribution in [2.45, 2.75) is 79.1 Å². The Kier molecular flexibility index (Phi) is 6.90. The summed E-state index contributed by atoms with van der Waals surface area (Å²) in [5, 5.41) is 20.8. The van der Waals surface area contributed by atoms with Gasteiger partial charge < -0.3 is 10.2 Å². The van der Waals surface area contributed by atoms with Crippen molar-refractivity contribution in [2.24, 2.45) is 0 Å². The smallest absolute Gasteiger partial charge is 0.161 e. The van der Waals surface area contributed by atoms with Gasteiger partial charge in [0.1, 0.15) is 0 Å². The van der Waals surface area contributed by atoms with Crippen LogP contribution < -0.4 is 0 Å².